The third-order valence-electron chi connectivity index (χ3n) is 1.92. The summed E-state index contributed by atoms with van der Waals surface area (Å²) in [6, 6.07) is 5.30. The normalized spacial score (nSPS) is 11.1. The highest BCUT2D eigenvalue weighted by molar-refractivity contribution is 7.92. The van der Waals surface area contributed by atoms with Gasteiger partial charge in [0.05, 0.1) is 16.9 Å². The summed E-state index contributed by atoms with van der Waals surface area (Å²) in [7, 11) is -1.94. The standard InChI is InChI=1S/C8H10N2O4S/c1-9(15(2,13)14)7-3-5-8(6-4-7)10(11)12/h3-6H,1-2H3. The van der Waals surface area contributed by atoms with Gasteiger partial charge in [-0.2, -0.15) is 0 Å². The van der Waals surface area contributed by atoms with E-state index in [2.05, 4.69) is 0 Å². The third-order valence-corrected chi connectivity index (χ3v) is 3.13. The van der Waals surface area contributed by atoms with Gasteiger partial charge in [0.1, 0.15) is 0 Å². The molecule has 15 heavy (non-hydrogen) atoms. The summed E-state index contributed by atoms with van der Waals surface area (Å²) < 4.78 is 23.3. The van der Waals surface area contributed by atoms with Crippen LogP contribution in [0, 0.1) is 10.1 Å². The molecule has 7 heteroatoms. The molecule has 0 fully saturated rings. The Kier molecular flexibility index (Phi) is 2.94. The number of anilines is 1. The summed E-state index contributed by atoms with van der Waals surface area (Å²) in [4.78, 5) is 9.82. The first-order valence-corrected chi connectivity index (χ1v) is 5.85. The Morgan fingerprint density at radius 1 is 1.27 bits per heavy atom. The number of hydrogen-bond acceptors (Lipinski definition) is 4. The van der Waals surface area contributed by atoms with Gasteiger partial charge in [-0.05, 0) is 12.1 Å². The lowest BCUT2D eigenvalue weighted by Gasteiger charge is -2.15. The van der Waals surface area contributed by atoms with Crippen molar-refractivity contribution < 1.29 is 13.3 Å². The molecule has 0 saturated carbocycles. The maximum absolute atomic E-state index is 11.1. The summed E-state index contributed by atoms with van der Waals surface area (Å²) in [6.45, 7) is 0. The molecular formula is C8H10N2O4S. The first kappa shape index (κ1) is 11.4. The molecular weight excluding hydrogens is 220 g/mol. The predicted octanol–water partition coefficient (Wildman–Crippen LogP) is 0.991. The van der Waals surface area contributed by atoms with Crippen LogP contribution >= 0.6 is 0 Å². The number of non-ortho nitro benzene ring substituents is 1. The molecule has 1 aromatic rings. The van der Waals surface area contributed by atoms with E-state index in [0.29, 0.717) is 5.69 Å². The molecule has 0 saturated heterocycles. The van der Waals surface area contributed by atoms with Crippen LogP contribution in [0.1, 0.15) is 0 Å². The van der Waals surface area contributed by atoms with Crippen LogP contribution in [0.25, 0.3) is 0 Å². The summed E-state index contributed by atoms with van der Waals surface area (Å²) >= 11 is 0. The Bertz CT molecular complexity index is 466. The zero-order valence-corrected chi connectivity index (χ0v) is 9.06. The molecule has 1 rings (SSSR count). The van der Waals surface area contributed by atoms with Crippen molar-refractivity contribution in [2.24, 2.45) is 0 Å². The van der Waals surface area contributed by atoms with Gasteiger partial charge in [-0.15, -0.1) is 0 Å². The lowest BCUT2D eigenvalue weighted by atomic mass is 10.3. The monoisotopic (exact) mass is 230 g/mol. The Balaban J connectivity index is 3.05. The minimum atomic E-state index is -3.33. The van der Waals surface area contributed by atoms with E-state index in [1.807, 2.05) is 0 Å². The van der Waals surface area contributed by atoms with E-state index in [-0.39, 0.29) is 5.69 Å². The molecule has 0 aromatic heterocycles. The SMILES string of the molecule is CN(c1ccc([N+](=O)[O-])cc1)S(C)(=O)=O. The molecule has 0 amide bonds. The third kappa shape index (κ3) is 2.66. The van der Waals surface area contributed by atoms with Crippen LogP contribution in [-0.2, 0) is 10.0 Å². The maximum Gasteiger partial charge on any atom is 0.269 e. The molecule has 0 aliphatic rings. The van der Waals surface area contributed by atoms with Crippen molar-refractivity contribution in [3.8, 4) is 0 Å². The van der Waals surface area contributed by atoms with E-state index >= 15 is 0 Å². The highest BCUT2D eigenvalue weighted by Gasteiger charge is 2.13. The number of benzene rings is 1. The highest BCUT2D eigenvalue weighted by Crippen LogP contribution is 2.19. The van der Waals surface area contributed by atoms with Gasteiger partial charge in [0, 0.05) is 19.2 Å². The Hall–Kier alpha value is -1.63. The van der Waals surface area contributed by atoms with E-state index in [9.17, 15) is 18.5 Å². The second-order valence-corrected chi connectivity index (χ2v) is 5.02. The summed E-state index contributed by atoms with van der Waals surface area (Å²) in [5.74, 6) is 0. The largest absolute Gasteiger partial charge is 0.274 e. The molecule has 0 radical (unpaired) electrons. The van der Waals surface area contributed by atoms with Crippen LogP contribution < -0.4 is 4.31 Å². The fourth-order valence-corrected chi connectivity index (χ4v) is 1.48. The van der Waals surface area contributed by atoms with Gasteiger partial charge in [-0.1, -0.05) is 0 Å². The van der Waals surface area contributed by atoms with Crippen LogP contribution in [-0.4, -0.2) is 26.6 Å². The molecule has 0 aliphatic heterocycles. The molecule has 0 heterocycles. The van der Waals surface area contributed by atoms with Gasteiger partial charge < -0.3 is 0 Å². The minimum absolute atomic E-state index is 0.0688. The van der Waals surface area contributed by atoms with Crippen molar-refractivity contribution in [1.29, 1.82) is 0 Å². The quantitative estimate of drug-likeness (QED) is 0.572. The number of nitro groups is 1. The van der Waals surface area contributed by atoms with Crippen molar-refractivity contribution in [2.45, 2.75) is 0 Å². The van der Waals surface area contributed by atoms with Gasteiger partial charge in [-0.25, -0.2) is 8.42 Å². The van der Waals surface area contributed by atoms with Gasteiger partial charge in [0.15, 0.2) is 0 Å². The Labute approximate surface area is 87.3 Å². The van der Waals surface area contributed by atoms with E-state index in [1.165, 1.54) is 31.3 Å². The lowest BCUT2D eigenvalue weighted by molar-refractivity contribution is -0.384. The smallest absolute Gasteiger partial charge is 0.269 e. The Morgan fingerprint density at radius 2 is 1.73 bits per heavy atom. The first-order valence-electron chi connectivity index (χ1n) is 4.01. The molecule has 0 N–H and O–H groups in total. The zero-order valence-electron chi connectivity index (χ0n) is 8.25. The summed E-state index contributed by atoms with van der Waals surface area (Å²) in [6.07, 6.45) is 1.06. The minimum Gasteiger partial charge on any atom is -0.274 e. The van der Waals surface area contributed by atoms with Gasteiger partial charge in [0.25, 0.3) is 5.69 Å². The van der Waals surface area contributed by atoms with Crippen LogP contribution in [0.15, 0.2) is 24.3 Å². The summed E-state index contributed by atoms with van der Waals surface area (Å²) in [5.41, 5.74) is 0.323. The molecule has 0 spiro atoms. The highest BCUT2D eigenvalue weighted by atomic mass is 32.2. The van der Waals surface area contributed by atoms with Crippen LogP contribution in [0.2, 0.25) is 0 Å². The lowest BCUT2D eigenvalue weighted by Crippen LogP contribution is -2.24. The zero-order chi connectivity index (χ0) is 11.6. The summed E-state index contributed by atoms with van der Waals surface area (Å²) in [5, 5.41) is 10.4. The average Bonchev–Trinajstić information content (AvgIpc) is 2.15. The van der Waals surface area contributed by atoms with Crippen LogP contribution in [0.3, 0.4) is 0 Å². The van der Waals surface area contributed by atoms with Crippen LogP contribution in [0.4, 0.5) is 11.4 Å². The van der Waals surface area contributed by atoms with Gasteiger partial charge in [0.2, 0.25) is 10.0 Å². The molecule has 82 valence electrons. The molecule has 6 nitrogen and oxygen atoms in total. The average molecular weight is 230 g/mol. The van der Waals surface area contributed by atoms with E-state index in [1.54, 1.807) is 0 Å². The van der Waals surface area contributed by atoms with Gasteiger partial charge in [-0.3, -0.25) is 14.4 Å². The molecule has 0 bridgehead atoms. The predicted molar refractivity (Wildman–Crippen MR) is 56.3 cm³/mol. The van der Waals surface area contributed by atoms with Crippen molar-refractivity contribution >= 4 is 21.4 Å². The molecule has 0 aliphatic carbocycles. The van der Waals surface area contributed by atoms with E-state index in [4.69, 9.17) is 0 Å². The first-order chi connectivity index (χ1) is 6.82. The fourth-order valence-electron chi connectivity index (χ4n) is 0.976. The number of sulfonamides is 1. The van der Waals surface area contributed by atoms with Crippen molar-refractivity contribution in [3.63, 3.8) is 0 Å². The van der Waals surface area contributed by atoms with Crippen LogP contribution in [0.5, 0.6) is 0 Å². The fraction of sp³-hybridized carbons (Fsp3) is 0.250. The van der Waals surface area contributed by atoms with Crippen molar-refractivity contribution in [3.05, 3.63) is 34.4 Å². The second-order valence-electron chi connectivity index (χ2n) is 3.00. The van der Waals surface area contributed by atoms with Crippen molar-refractivity contribution in [1.82, 2.24) is 0 Å². The van der Waals surface area contributed by atoms with Crippen molar-refractivity contribution in [2.75, 3.05) is 17.6 Å². The number of nitrogens with zero attached hydrogens (tertiary/aromatic N) is 2. The molecule has 0 atom stereocenters. The Morgan fingerprint density at radius 3 is 2.07 bits per heavy atom. The molecule has 0 unspecified atom stereocenters. The maximum atomic E-state index is 11.1. The second kappa shape index (κ2) is 3.85. The molecule has 1 aromatic carbocycles. The number of rotatable bonds is 3. The van der Waals surface area contributed by atoms with Gasteiger partial charge >= 0.3 is 0 Å². The van der Waals surface area contributed by atoms with E-state index in [0.717, 1.165) is 10.6 Å². The van der Waals surface area contributed by atoms with E-state index < -0.39 is 14.9 Å². The number of nitro benzene ring substituents is 1. The topological polar surface area (TPSA) is 80.5 Å². The number of hydrogen-bond donors (Lipinski definition) is 0.